The number of aromatic nitrogens is 4. The average molecular weight is 911 g/mol. The first-order valence-electron chi connectivity index (χ1n) is 19.8. The molecule has 17 nitrogen and oxygen atoms in total. The number of carbonyl (C=O) groups excluding carboxylic acids is 3. The predicted molar refractivity (Wildman–Crippen MR) is 245 cm³/mol. The van der Waals surface area contributed by atoms with Crippen LogP contribution in [0.3, 0.4) is 0 Å². The average Bonchev–Trinajstić information content (AvgIpc) is 4.17. The van der Waals surface area contributed by atoms with Crippen LogP contribution in [0.4, 0.5) is 11.4 Å². The summed E-state index contributed by atoms with van der Waals surface area (Å²) in [5, 5.41) is 15.2. The van der Waals surface area contributed by atoms with Crippen molar-refractivity contribution in [2.45, 2.75) is 13.8 Å². The van der Waals surface area contributed by atoms with Crippen molar-refractivity contribution in [3.63, 3.8) is 0 Å². The van der Waals surface area contributed by atoms with Crippen LogP contribution >= 0.6 is 11.6 Å². The molecule has 0 spiro atoms. The second-order valence-corrected chi connectivity index (χ2v) is 13.6. The van der Waals surface area contributed by atoms with Crippen molar-refractivity contribution in [3.05, 3.63) is 181 Å². The molecule has 1 amide bonds. The van der Waals surface area contributed by atoms with Crippen LogP contribution in [0.5, 0.6) is 0 Å². The molecule has 8 heterocycles. The zero-order chi connectivity index (χ0) is 46.8. The van der Waals surface area contributed by atoms with Gasteiger partial charge in [0, 0.05) is 77.0 Å². The molecular weight excluding hydrogens is 872 g/mol. The van der Waals surface area contributed by atoms with Crippen LogP contribution in [0, 0.1) is 0 Å². The first-order valence-corrected chi connectivity index (χ1v) is 20.2. The van der Waals surface area contributed by atoms with Gasteiger partial charge >= 0.3 is 17.9 Å². The molecule has 0 aliphatic rings. The number of halogens is 1. The fraction of sp³-hybridized carbons (Fsp3) is 0.0833. The lowest BCUT2D eigenvalue weighted by molar-refractivity contribution is 0.0517. The normalized spacial score (nSPS) is 10.2. The third-order valence-corrected chi connectivity index (χ3v) is 9.03. The van der Waals surface area contributed by atoms with Gasteiger partial charge in [-0.2, -0.15) is 0 Å². The van der Waals surface area contributed by atoms with Crippen LogP contribution in [0.1, 0.15) is 55.7 Å². The number of nitrogen functional groups attached to an aromatic ring is 1. The van der Waals surface area contributed by atoms with Gasteiger partial charge < -0.3 is 43.3 Å². The Morgan fingerprint density at radius 3 is 1.67 bits per heavy atom. The molecule has 10 aromatic rings. The summed E-state index contributed by atoms with van der Waals surface area (Å²) in [7, 11) is 0. The van der Waals surface area contributed by atoms with Crippen molar-refractivity contribution in [2.24, 2.45) is 0 Å². The van der Waals surface area contributed by atoms with Gasteiger partial charge in [-0.25, -0.2) is 19.4 Å². The number of esters is 2. The fourth-order valence-corrected chi connectivity index (χ4v) is 5.80. The number of nitrogens with one attached hydrogen (secondary N) is 1. The highest BCUT2D eigenvalue weighted by Crippen LogP contribution is 2.22. The molecular formula is C48H39ClN6O11. The van der Waals surface area contributed by atoms with Crippen LogP contribution in [0.25, 0.3) is 43.9 Å². The molecule has 0 radical (unpaired) electrons. The molecule has 0 saturated heterocycles. The Balaban J connectivity index is 0.000000144. The number of amides is 1. The number of fused-ring (bicyclic) bond motifs is 4. The standard InChI is InChI=1S/C17H14N2O4.C9H11NO2.C8H5NO3.C7H4ClNO.C7H5NO/c1-2-22-17(21)11-3-5-13(6-4-11)19-16(20)15-9-12-10-18-8-7-14(12)23-15;1-2-12-9(11)7-3-5-8(10)6-4-7;10-8(11)7-3-5-4-9-2-1-6(5)12-7;8-7-5-2-4-10-6(5)1-3-9-7;1-3-8-5-6-2-4-9-7(1)6/h3-10H,2H2,1H3,(H,19,20);3-6H,2,10H2,1H3;1-4H,(H,10,11);1-4H;1-5H. The first kappa shape index (κ1) is 46.7. The molecule has 66 heavy (non-hydrogen) atoms. The number of carbonyl (C=O) groups is 4. The van der Waals surface area contributed by atoms with Gasteiger partial charge in [-0.15, -0.1) is 0 Å². The van der Waals surface area contributed by atoms with Crippen molar-refractivity contribution in [1.82, 2.24) is 19.9 Å². The highest BCUT2D eigenvalue weighted by Gasteiger charge is 2.14. The molecule has 0 unspecified atom stereocenters. The van der Waals surface area contributed by atoms with Gasteiger partial charge in [-0.05, 0) is 105 Å². The lowest BCUT2D eigenvalue weighted by atomic mass is 10.2. The van der Waals surface area contributed by atoms with Gasteiger partial charge in [0.2, 0.25) is 5.76 Å². The van der Waals surface area contributed by atoms with Crippen molar-refractivity contribution in [1.29, 1.82) is 0 Å². The SMILES string of the molecule is CCOC(=O)c1ccc(N)cc1.CCOC(=O)c1ccc(NC(=O)c2cc3cnccc3o2)cc1.Clc1nccc2occc12.O=C(O)c1cc2cnccc2o1.c1cc2occc2cn1. The molecule has 0 bridgehead atoms. The maximum atomic E-state index is 12.2. The lowest BCUT2D eigenvalue weighted by Crippen LogP contribution is -2.11. The monoisotopic (exact) mass is 910 g/mol. The summed E-state index contributed by atoms with van der Waals surface area (Å²) in [4.78, 5) is 60.9. The number of nitrogens with two attached hydrogens (primary N) is 1. The van der Waals surface area contributed by atoms with Crippen molar-refractivity contribution >= 4 is 90.7 Å². The summed E-state index contributed by atoms with van der Waals surface area (Å²) in [6.45, 7) is 4.23. The molecule has 0 fully saturated rings. The summed E-state index contributed by atoms with van der Waals surface area (Å²) in [5.74, 6) is -2.00. The smallest absolute Gasteiger partial charge is 0.371 e. The number of carboxylic acid groups (broad SMARTS) is 1. The zero-order valence-corrected chi connectivity index (χ0v) is 35.9. The first-order chi connectivity index (χ1) is 32.0. The van der Waals surface area contributed by atoms with Crippen LogP contribution in [0.2, 0.25) is 5.15 Å². The maximum absolute atomic E-state index is 12.2. The number of pyridine rings is 4. The van der Waals surface area contributed by atoms with Crippen LogP contribution in [-0.4, -0.2) is 62.1 Å². The topological polar surface area (TPSA) is 249 Å². The lowest BCUT2D eigenvalue weighted by Gasteiger charge is -2.05. The van der Waals surface area contributed by atoms with Crippen LogP contribution < -0.4 is 11.1 Å². The van der Waals surface area contributed by atoms with E-state index in [0.717, 1.165) is 27.3 Å². The number of ether oxygens (including phenoxy) is 2. The van der Waals surface area contributed by atoms with E-state index in [9.17, 15) is 19.2 Å². The second-order valence-electron chi connectivity index (χ2n) is 13.2. The molecule has 334 valence electrons. The third kappa shape index (κ3) is 12.9. The molecule has 0 saturated carbocycles. The van der Waals surface area contributed by atoms with E-state index in [2.05, 4.69) is 25.3 Å². The van der Waals surface area contributed by atoms with Crippen molar-refractivity contribution in [2.75, 3.05) is 24.3 Å². The molecule has 10 rings (SSSR count). The van der Waals surface area contributed by atoms with E-state index in [1.165, 1.54) is 6.07 Å². The number of carboxylic acids is 1. The minimum absolute atomic E-state index is 0.0574. The number of aromatic carboxylic acids is 1. The largest absolute Gasteiger partial charge is 0.475 e. The van der Waals surface area contributed by atoms with Crippen molar-refractivity contribution in [3.8, 4) is 0 Å². The molecule has 4 N–H and O–H groups in total. The van der Waals surface area contributed by atoms with Crippen LogP contribution in [-0.2, 0) is 9.47 Å². The third-order valence-electron chi connectivity index (χ3n) is 8.73. The Morgan fingerprint density at radius 2 is 1.12 bits per heavy atom. The Labute approximate surface area is 379 Å². The van der Waals surface area contributed by atoms with E-state index < -0.39 is 11.9 Å². The zero-order valence-electron chi connectivity index (χ0n) is 35.1. The summed E-state index contributed by atoms with van der Waals surface area (Å²) < 4.78 is 30.3. The minimum Gasteiger partial charge on any atom is -0.475 e. The summed E-state index contributed by atoms with van der Waals surface area (Å²) in [6, 6.07) is 26.8. The second kappa shape index (κ2) is 23.0. The Hall–Kier alpha value is -8.83. The van der Waals surface area contributed by atoms with E-state index in [4.69, 9.17) is 49.6 Å². The van der Waals surface area contributed by atoms with Gasteiger partial charge in [0.25, 0.3) is 5.91 Å². The fourth-order valence-electron chi connectivity index (χ4n) is 5.58. The number of furan rings is 4. The highest BCUT2D eigenvalue weighted by molar-refractivity contribution is 6.34. The molecule has 18 heteroatoms. The number of benzene rings is 2. The number of hydrogen-bond donors (Lipinski definition) is 3. The van der Waals surface area contributed by atoms with E-state index in [-0.39, 0.29) is 23.4 Å². The molecule has 8 aromatic heterocycles. The number of anilines is 2. The van der Waals surface area contributed by atoms with Crippen LogP contribution in [0.15, 0.2) is 171 Å². The van der Waals surface area contributed by atoms with E-state index in [0.29, 0.717) is 57.4 Å². The quantitative estimate of drug-likeness (QED) is 0.0764. The Kier molecular flexibility index (Phi) is 16.3. The van der Waals surface area contributed by atoms with E-state index in [1.807, 2.05) is 12.1 Å². The molecule has 0 aliphatic heterocycles. The minimum atomic E-state index is -1.06. The van der Waals surface area contributed by atoms with E-state index >= 15 is 0 Å². The Bertz CT molecular complexity index is 3080. The summed E-state index contributed by atoms with van der Waals surface area (Å²) in [6.07, 6.45) is 14.7. The van der Waals surface area contributed by atoms with E-state index in [1.54, 1.807) is 149 Å². The number of hydrogen-bond acceptors (Lipinski definition) is 15. The molecule has 0 aliphatic carbocycles. The van der Waals surface area contributed by atoms with Gasteiger partial charge in [-0.1, -0.05) is 11.6 Å². The number of rotatable bonds is 7. The van der Waals surface area contributed by atoms with Gasteiger partial charge in [0.05, 0.1) is 42.3 Å². The molecule has 2 aromatic carbocycles. The Morgan fingerprint density at radius 1 is 0.621 bits per heavy atom. The molecule has 0 atom stereocenters. The maximum Gasteiger partial charge on any atom is 0.371 e. The van der Waals surface area contributed by atoms with Gasteiger partial charge in [-0.3, -0.25) is 19.7 Å². The summed E-state index contributed by atoms with van der Waals surface area (Å²) >= 11 is 5.73. The summed E-state index contributed by atoms with van der Waals surface area (Å²) in [5.41, 5.74) is 10.4. The highest BCUT2D eigenvalue weighted by atomic mass is 35.5. The van der Waals surface area contributed by atoms with Gasteiger partial charge in [0.15, 0.2) is 5.76 Å². The van der Waals surface area contributed by atoms with Crippen molar-refractivity contribution < 1.29 is 51.4 Å². The number of nitrogens with zero attached hydrogens (tertiary/aromatic N) is 4. The predicted octanol–water partition coefficient (Wildman–Crippen LogP) is 10.5. The van der Waals surface area contributed by atoms with Gasteiger partial charge in [0.1, 0.15) is 27.5 Å².